The first kappa shape index (κ1) is 24.0. The number of halogens is 1. The molecule has 2 atom stereocenters. The summed E-state index contributed by atoms with van der Waals surface area (Å²) in [7, 11) is 4.22. The summed E-state index contributed by atoms with van der Waals surface area (Å²) in [6, 6.07) is 13.2. The van der Waals surface area contributed by atoms with Gasteiger partial charge in [-0.25, -0.2) is 9.59 Å². The van der Waals surface area contributed by atoms with Crippen LogP contribution in [0.5, 0.6) is 0 Å². The maximum Gasteiger partial charge on any atom is 0.343 e. The van der Waals surface area contributed by atoms with Gasteiger partial charge in [-0.1, -0.05) is 35.9 Å². The van der Waals surface area contributed by atoms with Crippen molar-refractivity contribution in [3.63, 3.8) is 0 Å². The van der Waals surface area contributed by atoms with Crippen molar-refractivity contribution in [1.29, 1.82) is 0 Å². The lowest BCUT2D eigenvalue weighted by molar-refractivity contribution is -0.160. The van der Waals surface area contributed by atoms with E-state index in [4.69, 9.17) is 21.1 Å². The van der Waals surface area contributed by atoms with Crippen molar-refractivity contribution in [3.8, 4) is 0 Å². The Kier molecular flexibility index (Phi) is 7.44. The van der Waals surface area contributed by atoms with Gasteiger partial charge in [-0.3, -0.25) is 0 Å². The fourth-order valence-electron chi connectivity index (χ4n) is 4.24. The van der Waals surface area contributed by atoms with Crippen LogP contribution < -0.4 is 10.2 Å². The number of likely N-dealkylation sites (N-methyl/N-ethyl adjacent to an activating group) is 1. The highest BCUT2D eigenvalue weighted by atomic mass is 35.5. The fourth-order valence-corrected chi connectivity index (χ4v) is 4.44. The average Bonchev–Trinajstić information content (AvgIpc) is 3.08. The molecule has 0 aliphatic carbocycles. The molecule has 0 fully saturated rings. The van der Waals surface area contributed by atoms with Gasteiger partial charge in [0, 0.05) is 36.8 Å². The summed E-state index contributed by atoms with van der Waals surface area (Å²) in [5.41, 5.74) is 1.98. The maximum atomic E-state index is 12.6. The fraction of sp³-hybridized carbons (Fsp3) is 0.417. The molecule has 1 aliphatic heterocycles. The zero-order chi connectivity index (χ0) is 23.5. The number of ether oxygens (including phenoxy) is 2. The van der Waals surface area contributed by atoms with E-state index >= 15 is 0 Å². The molecule has 2 aromatic carbocycles. The molecule has 1 heterocycles. The van der Waals surface area contributed by atoms with Crippen LogP contribution in [0.1, 0.15) is 29.7 Å². The second-order valence-corrected chi connectivity index (χ2v) is 8.56. The van der Waals surface area contributed by atoms with E-state index in [-0.39, 0.29) is 12.5 Å². The summed E-state index contributed by atoms with van der Waals surface area (Å²) < 4.78 is 9.86. The van der Waals surface area contributed by atoms with Gasteiger partial charge in [-0.15, -0.1) is 0 Å². The molecule has 1 unspecified atom stereocenters. The van der Waals surface area contributed by atoms with Gasteiger partial charge >= 0.3 is 11.9 Å². The molecule has 1 aliphatic rings. The van der Waals surface area contributed by atoms with Gasteiger partial charge in [0.25, 0.3) is 0 Å². The third-order valence-corrected chi connectivity index (χ3v) is 6.24. The van der Waals surface area contributed by atoms with E-state index in [9.17, 15) is 14.7 Å². The van der Waals surface area contributed by atoms with Crippen LogP contribution in [-0.2, 0) is 31.9 Å². The van der Waals surface area contributed by atoms with E-state index in [2.05, 4.69) is 5.32 Å². The first-order chi connectivity index (χ1) is 15.2. The summed E-state index contributed by atoms with van der Waals surface area (Å²) in [6.07, 6.45) is 0.231. The Morgan fingerprint density at radius 3 is 2.50 bits per heavy atom. The van der Waals surface area contributed by atoms with Crippen LogP contribution in [0.2, 0.25) is 5.02 Å². The second-order valence-electron chi connectivity index (χ2n) is 8.13. The summed E-state index contributed by atoms with van der Waals surface area (Å²) >= 11 is 6.00. The molecule has 8 heteroatoms. The van der Waals surface area contributed by atoms with Crippen molar-refractivity contribution in [2.75, 3.05) is 32.7 Å². The van der Waals surface area contributed by atoms with Gasteiger partial charge < -0.3 is 24.8 Å². The normalized spacial score (nSPS) is 16.2. The van der Waals surface area contributed by atoms with E-state index in [0.29, 0.717) is 18.0 Å². The third-order valence-electron chi connectivity index (χ3n) is 6.01. The van der Waals surface area contributed by atoms with E-state index in [1.165, 1.54) is 14.2 Å². The van der Waals surface area contributed by atoms with Crippen LogP contribution in [-0.4, -0.2) is 56.4 Å². The molecule has 2 aromatic rings. The summed E-state index contributed by atoms with van der Waals surface area (Å²) in [5, 5.41) is 14.3. The van der Waals surface area contributed by atoms with E-state index < -0.39 is 23.6 Å². The lowest BCUT2D eigenvalue weighted by atomic mass is 9.93. The maximum absolute atomic E-state index is 12.6. The van der Waals surface area contributed by atoms with Crippen molar-refractivity contribution in [3.05, 3.63) is 64.2 Å². The zero-order valence-electron chi connectivity index (χ0n) is 18.7. The summed E-state index contributed by atoms with van der Waals surface area (Å²) in [6.45, 7) is 2.43. The molecule has 0 aromatic heterocycles. The molecule has 0 spiro atoms. The van der Waals surface area contributed by atoms with Crippen molar-refractivity contribution in [2.24, 2.45) is 0 Å². The number of esters is 2. The minimum Gasteiger partial charge on any atom is -0.467 e. The van der Waals surface area contributed by atoms with E-state index in [0.717, 1.165) is 22.4 Å². The van der Waals surface area contributed by atoms with Gasteiger partial charge in [-0.2, -0.15) is 0 Å². The number of nitrogens with zero attached hydrogens (tertiary/aromatic N) is 1. The molecule has 0 radical (unpaired) electrons. The van der Waals surface area contributed by atoms with Crippen molar-refractivity contribution in [2.45, 2.75) is 37.5 Å². The number of aliphatic hydroxyl groups excluding tert-OH is 1. The Morgan fingerprint density at radius 2 is 1.88 bits per heavy atom. The topological polar surface area (TPSA) is 88.1 Å². The number of rotatable bonds is 8. The average molecular weight is 461 g/mol. The Bertz CT molecular complexity index is 980. The van der Waals surface area contributed by atoms with Crippen LogP contribution in [0, 0.1) is 0 Å². The minimum atomic E-state index is -1.52. The molecule has 172 valence electrons. The number of benzene rings is 2. The molecular formula is C24H29ClN2O5. The Hall–Kier alpha value is -2.61. The zero-order valence-corrected chi connectivity index (χ0v) is 19.5. The SMILES string of the molecule is COC(=O)C1(C(=O)OC)Cc2cc(CC(C)NC[C@H](O)c3cccc(Cl)c3)ccc2N1C. The number of anilines is 1. The molecule has 2 N–H and O–H groups in total. The monoisotopic (exact) mass is 460 g/mol. The van der Waals surface area contributed by atoms with Crippen molar-refractivity contribution >= 4 is 29.2 Å². The first-order valence-electron chi connectivity index (χ1n) is 10.4. The second kappa shape index (κ2) is 9.90. The molecule has 0 bridgehead atoms. The molecule has 7 nitrogen and oxygen atoms in total. The molecular weight excluding hydrogens is 432 g/mol. The number of hydrogen-bond acceptors (Lipinski definition) is 7. The number of methoxy groups -OCH3 is 2. The van der Waals surface area contributed by atoms with Crippen LogP contribution in [0.15, 0.2) is 42.5 Å². The Morgan fingerprint density at radius 1 is 1.19 bits per heavy atom. The Labute approximate surface area is 193 Å². The molecule has 0 amide bonds. The van der Waals surface area contributed by atoms with E-state index in [1.54, 1.807) is 24.1 Å². The van der Waals surface area contributed by atoms with Gasteiger partial charge in [0.15, 0.2) is 0 Å². The summed E-state index contributed by atoms with van der Waals surface area (Å²) in [4.78, 5) is 26.7. The van der Waals surface area contributed by atoms with Gasteiger partial charge in [0.2, 0.25) is 5.54 Å². The lowest BCUT2D eigenvalue weighted by Crippen LogP contribution is -2.58. The first-order valence-corrected chi connectivity index (χ1v) is 10.8. The van der Waals surface area contributed by atoms with Crippen LogP contribution in [0.25, 0.3) is 0 Å². The third kappa shape index (κ3) is 4.60. The van der Waals surface area contributed by atoms with Gasteiger partial charge in [0.1, 0.15) is 0 Å². The highest BCUT2D eigenvalue weighted by Gasteiger charge is 2.56. The smallest absolute Gasteiger partial charge is 0.343 e. The minimum absolute atomic E-state index is 0.0898. The highest BCUT2D eigenvalue weighted by molar-refractivity contribution is 6.30. The predicted molar refractivity (Wildman–Crippen MR) is 123 cm³/mol. The number of carbonyl (C=O) groups excluding carboxylic acids is 2. The van der Waals surface area contributed by atoms with Crippen molar-refractivity contribution in [1.82, 2.24) is 5.32 Å². The standard InChI is InChI=1S/C24H29ClN2O5/c1-15(26-14-21(28)17-6-5-7-19(25)12-17)10-16-8-9-20-18(11-16)13-24(27(20)2,22(29)31-3)23(30)32-4/h5-9,11-12,15,21,26,28H,10,13-14H2,1-4H3/t15?,21-/m0/s1. The Balaban J connectivity index is 1.68. The highest BCUT2D eigenvalue weighted by Crippen LogP contribution is 2.40. The van der Waals surface area contributed by atoms with Crippen LogP contribution in [0.4, 0.5) is 5.69 Å². The molecule has 32 heavy (non-hydrogen) atoms. The number of carbonyl (C=O) groups is 2. The van der Waals surface area contributed by atoms with Crippen LogP contribution in [0.3, 0.4) is 0 Å². The molecule has 0 saturated heterocycles. The molecule has 3 rings (SSSR count). The van der Waals surface area contributed by atoms with Gasteiger partial charge in [0.05, 0.1) is 20.3 Å². The number of nitrogens with one attached hydrogen (secondary N) is 1. The van der Waals surface area contributed by atoms with Crippen LogP contribution >= 0.6 is 11.6 Å². The quantitative estimate of drug-likeness (QED) is 0.462. The number of hydrogen-bond donors (Lipinski definition) is 2. The van der Waals surface area contributed by atoms with Crippen molar-refractivity contribution < 1.29 is 24.2 Å². The van der Waals surface area contributed by atoms with E-state index in [1.807, 2.05) is 37.3 Å². The molecule has 0 saturated carbocycles. The van der Waals surface area contributed by atoms with Gasteiger partial charge in [-0.05, 0) is 48.2 Å². The lowest BCUT2D eigenvalue weighted by Gasteiger charge is -2.31. The predicted octanol–water partition coefficient (Wildman–Crippen LogP) is 2.67. The number of fused-ring (bicyclic) bond motifs is 1. The number of aliphatic hydroxyl groups is 1. The summed E-state index contributed by atoms with van der Waals surface area (Å²) in [5.74, 6) is -1.29. The largest absolute Gasteiger partial charge is 0.467 e.